The van der Waals surface area contributed by atoms with E-state index in [1.54, 1.807) is 6.92 Å². The average Bonchev–Trinajstić information content (AvgIpc) is 2.84. The second kappa shape index (κ2) is 4.22. The SMILES string of the molecule is CCC(C)(CNC(=O)C1C2C3CCC(C3)C12)C(=O)O. The Bertz CT molecular complexity index is 406. The largest absolute Gasteiger partial charge is 0.481 e. The molecule has 106 valence electrons. The van der Waals surface area contributed by atoms with E-state index in [0.717, 1.165) is 11.8 Å². The highest BCUT2D eigenvalue weighted by Crippen LogP contribution is 2.69. The second-order valence-electron chi connectivity index (χ2n) is 6.95. The van der Waals surface area contributed by atoms with Crippen LogP contribution in [0.4, 0.5) is 0 Å². The van der Waals surface area contributed by atoms with E-state index in [-0.39, 0.29) is 18.4 Å². The van der Waals surface area contributed by atoms with Gasteiger partial charge >= 0.3 is 5.97 Å². The number of amides is 1. The van der Waals surface area contributed by atoms with E-state index in [0.29, 0.717) is 18.3 Å². The Hall–Kier alpha value is -1.06. The van der Waals surface area contributed by atoms with Crippen LogP contribution in [0.1, 0.15) is 39.5 Å². The van der Waals surface area contributed by atoms with Crippen LogP contribution in [0.15, 0.2) is 0 Å². The predicted molar refractivity (Wildman–Crippen MR) is 70.3 cm³/mol. The quantitative estimate of drug-likeness (QED) is 0.798. The molecule has 4 nitrogen and oxygen atoms in total. The molecule has 0 saturated heterocycles. The Labute approximate surface area is 113 Å². The van der Waals surface area contributed by atoms with Crippen LogP contribution in [-0.4, -0.2) is 23.5 Å². The van der Waals surface area contributed by atoms with Crippen LogP contribution in [0.5, 0.6) is 0 Å². The van der Waals surface area contributed by atoms with Gasteiger partial charge in [-0.1, -0.05) is 6.92 Å². The van der Waals surface area contributed by atoms with Gasteiger partial charge in [0.1, 0.15) is 0 Å². The molecule has 19 heavy (non-hydrogen) atoms. The number of carbonyl (C=O) groups is 2. The van der Waals surface area contributed by atoms with Crippen molar-refractivity contribution in [3.8, 4) is 0 Å². The number of nitrogens with one attached hydrogen (secondary N) is 1. The van der Waals surface area contributed by atoms with Gasteiger partial charge < -0.3 is 10.4 Å². The maximum Gasteiger partial charge on any atom is 0.311 e. The van der Waals surface area contributed by atoms with Crippen LogP contribution in [0.25, 0.3) is 0 Å². The zero-order valence-electron chi connectivity index (χ0n) is 11.7. The van der Waals surface area contributed by atoms with E-state index in [1.165, 1.54) is 19.3 Å². The van der Waals surface area contributed by atoms with Crippen LogP contribution in [0.2, 0.25) is 0 Å². The van der Waals surface area contributed by atoms with E-state index in [9.17, 15) is 14.7 Å². The number of carboxylic acid groups (broad SMARTS) is 1. The van der Waals surface area contributed by atoms with Crippen molar-refractivity contribution in [2.75, 3.05) is 6.54 Å². The fraction of sp³-hybridized carbons (Fsp3) is 0.867. The standard InChI is InChI=1S/C15H23NO3/c1-3-15(2,14(18)19)7-16-13(17)12-10-8-4-5-9(6-8)11(10)12/h8-12H,3-7H2,1-2H3,(H,16,17)(H,18,19). The molecule has 0 aliphatic heterocycles. The number of carboxylic acids is 1. The Morgan fingerprint density at radius 3 is 2.32 bits per heavy atom. The third-order valence-electron chi connectivity index (χ3n) is 5.99. The van der Waals surface area contributed by atoms with Crippen LogP contribution >= 0.6 is 0 Å². The molecule has 0 radical (unpaired) electrons. The molecule has 2 N–H and O–H groups in total. The highest BCUT2D eigenvalue weighted by Gasteiger charge is 2.67. The normalized spacial score (nSPS) is 41.5. The van der Waals surface area contributed by atoms with E-state index in [4.69, 9.17) is 0 Å². The molecule has 4 heteroatoms. The summed E-state index contributed by atoms with van der Waals surface area (Å²) < 4.78 is 0. The van der Waals surface area contributed by atoms with Gasteiger partial charge in [-0.2, -0.15) is 0 Å². The maximum atomic E-state index is 12.2. The number of hydrogen-bond donors (Lipinski definition) is 2. The number of hydrogen-bond acceptors (Lipinski definition) is 2. The zero-order chi connectivity index (χ0) is 13.8. The molecule has 3 aliphatic rings. The minimum absolute atomic E-state index is 0.104. The molecule has 3 fully saturated rings. The lowest BCUT2D eigenvalue weighted by Gasteiger charge is -2.23. The Kier molecular flexibility index (Phi) is 2.88. The van der Waals surface area contributed by atoms with Crippen molar-refractivity contribution in [3.63, 3.8) is 0 Å². The van der Waals surface area contributed by atoms with Gasteiger partial charge in [-0.3, -0.25) is 9.59 Å². The minimum Gasteiger partial charge on any atom is -0.481 e. The number of aliphatic carboxylic acids is 1. The van der Waals surface area contributed by atoms with Gasteiger partial charge in [0.05, 0.1) is 5.41 Å². The predicted octanol–water partition coefficient (Wildman–Crippen LogP) is 1.90. The third-order valence-corrected chi connectivity index (χ3v) is 5.99. The molecule has 0 aromatic rings. The summed E-state index contributed by atoms with van der Waals surface area (Å²) in [7, 11) is 0. The molecule has 3 aliphatic carbocycles. The lowest BCUT2D eigenvalue weighted by atomic mass is 9.87. The summed E-state index contributed by atoms with van der Waals surface area (Å²) in [6.07, 6.45) is 4.47. The maximum absolute atomic E-state index is 12.2. The van der Waals surface area contributed by atoms with Gasteiger partial charge in [0.15, 0.2) is 0 Å². The number of fused-ring (bicyclic) bond motifs is 5. The second-order valence-corrected chi connectivity index (χ2v) is 6.95. The molecular weight excluding hydrogens is 242 g/mol. The molecule has 0 spiro atoms. The summed E-state index contributed by atoms with van der Waals surface area (Å²) in [5, 5.41) is 12.1. The van der Waals surface area contributed by atoms with Crippen molar-refractivity contribution in [1.29, 1.82) is 0 Å². The van der Waals surface area contributed by atoms with E-state index in [1.807, 2.05) is 6.92 Å². The van der Waals surface area contributed by atoms with E-state index in [2.05, 4.69) is 5.32 Å². The lowest BCUT2D eigenvalue weighted by Crippen LogP contribution is -2.41. The molecule has 0 aromatic carbocycles. The van der Waals surface area contributed by atoms with Crippen LogP contribution in [0.3, 0.4) is 0 Å². The first-order valence-electron chi connectivity index (χ1n) is 7.49. The molecule has 3 rings (SSSR count). The summed E-state index contributed by atoms with van der Waals surface area (Å²) in [4.78, 5) is 23.4. The molecule has 5 atom stereocenters. The first-order valence-corrected chi connectivity index (χ1v) is 7.49. The third kappa shape index (κ3) is 1.87. The van der Waals surface area contributed by atoms with Gasteiger partial charge in [-0.05, 0) is 56.3 Å². The molecule has 3 saturated carbocycles. The number of rotatable bonds is 5. The van der Waals surface area contributed by atoms with Gasteiger partial charge in [-0.15, -0.1) is 0 Å². The van der Waals surface area contributed by atoms with E-state index < -0.39 is 11.4 Å². The fourth-order valence-electron chi connectivity index (χ4n) is 4.43. The van der Waals surface area contributed by atoms with Crippen molar-refractivity contribution >= 4 is 11.9 Å². The molecule has 2 bridgehead atoms. The Morgan fingerprint density at radius 1 is 1.26 bits per heavy atom. The lowest BCUT2D eigenvalue weighted by molar-refractivity contribution is -0.148. The van der Waals surface area contributed by atoms with Crippen molar-refractivity contribution in [2.24, 2.45) is 35.0 Å². The first kappa shape index (κ1) is 12.9. The summed E-state index contributed by atoms with van der Waals surface area (Å²) in [5.41, 5.74) is -0.835. The minimum atomic E-state index is -0.835. The monoisotopic (exact) mass is 265 g/mol. The average molecular weight is 265 g/mol. The highest BCUT2D eigenvalue weighted by atomic mass is 16.4. The van der Waals surface area contributed by atoms with Crippen molar-refractivity contribution < 1.29 is 14.7 Å². The van der Waals surface area contributed by atoms with Crippen LogP contribution < -0.4 is 5.32 Å². The molecule has 5 unspecified atom stereocenters. The fourth-order valence-corrected chi connectivity index (χ4v) is 4.43. The topological polar surface area (TPSA) is 66.4 Å². The molecule has 0 heterocycles. The van der Waals surface area contributed by atoms with Crippen molar-refractivity contribution in [3.05, 3.63) is 0 Å². The van der Waals surface area contributed by atoms with E-state index >= 15 is 0 Å². The summed E-state index contributed by atoms with van der Waals surface area (Å²) >= 11 is 0. The van der Waals surface area contributed by atoms with Gasteiger partial charge in [0.25, 0.3) is 0 Å². The zero-order valence-corrected chi connectivity index (χ0v) is 11.7. The molecular formula is C15H23NO3. The van der Waals surface area contributed by atoms with Gasteiger partial charge in [0, 0.05) is 12.5 Å². The van der Waals surface area contributed by atoms with Crippen molar-refractivity contribution in [1.82, 2.24) is 5.32 Å². The summed E-state index contributed by atoms with van der Waals surface area (Å²) in [5.74, 6) is 2.28. The van der Waals surface area contributed by atoms with Gasteiger partial charge in [-0.25, -0.2) is 0 Å². The summed E-state index contributed by atoms with van der Waals surface area (Å²) in [6.45, 7) is 3.81. The Morgan fingerprint density at radius 2 is 1.84 bits per heavy atom. The number of carbonyl (C=O) groups excluding carboxylic acids is 1. The van der Waals surface area contributed by atoms with Crippen LogP contribution in [-0.2, 0) is 9.59 Å². The van der Waals surface area contributed by atoms with Gasteiger partial charge in [0.2, 0.25) is 5.91 Å². The smallest absolute Gasteiger partial charge is 0.311 e. The molecule has 0 aromatic heterocycles. The van der Waals surface area contributed by atoms with Crippen LogP contribution in [0, 0.1) is 35.0 Å². The summed E-state index contributed by atoms with van der Waals surface area (Å²) in [6, 6.07) is 0. The first-order chi connectivity index (χ1) is 8.98. The molecule has 1 amide bonds. The Balaban J connectivity index is 1.55. The highest BCUT2D eigenvalue weighted by molar-refractivity contribution is 5.83. The van der Waals surface area contributed by atoms with Crippen molar-refractivity contribution in [2.45, 2.75) is 39.5 Å².